The second-order valence-corrected chi connectivity index (χ2v) is 5.68. The first-order valence-corrected chi connectivity index (χ1v) is 7.84. The molecule has 0 atom stereocenters. The summed E-state index contributed by atoms with van der Waals surface area (Å²) in [5.41, 5.74) is 2.87. The smallest absolute Gasteiger partial charge is 0.224 e. The quantitative estimate of drug-likeness (QED) is 0.788. The highest BCUT2D eigenvalue weighted by molar-refractivity contribution is 7.13. The molecule has 4 nitrogen and oxygen atoms in total. The first-order valence-electron chi connectivity index (χ1n) is 6.97. The van der Waals surface area contributed by atoms with Gasteiger partial charge in [0.25, 0.3) is 0 Å². The predicted octanol–water partition coefficient (Wildman–Crippen LogP) is 3.06. The molecule has 110 valence electrons. The molecule has 0 bridgehead atoms. The lowest BCUT2D eigenvalue weighted by Crippen LogP contribution is -2.24. The third kappa shape index (κ3) is 3.77. The van der Waals surface area contributed by atoms with E-state index in [1.54, 1.807) is 23.7 Å². The van der Waals surface area contributed by atoms with Crippen molar-refractivity contribution in [2.24, 2.45) is 0 Å². The third-order valence-corrected chi connectivity index (χ3v) is 4.07. The number of benzene rings is 1. The van der Waals surface area contributed by atoms with Crippen molar-refractivity contribution in [1.82, 2.24) is 15.3 Å². The Labute approximate surface area is 132 Å². The summed E-state index contributed by atoms with van der Waals surface area (Å²) in [7, 11) is 0. The van der Waals surface area contributed by atoms with Crippen LogP contribution in [0.15, 0.2) is 60.2 Å². The van der Waals surface area contributed by atoms with Crippen LogP contribution < -0.4 is 5.32 Å². The van der Waals surface area contributed by atoms with Crippen LogP contribution >= 0.6 is 11.3 Å². The van der Waals surface area contributed by atoms with Crippen LogP contribution in [0.2, 0.25) is 0 Å². The fourth-order valence-corrected chi connectivity index (χ4v) is 2.85. The van der Waals surface area contributed by atoms with Crippen LogP contribution in [-0.4, -0.2) is 15.9 Å². The Morgan fingerprint density at radius 2 is 2.00 bits per heavy atom. The van der Waals surface area contributed by atoms with E-state index in [-0.39, 0.29) is 5.91 Å². The maximum atomic E-state index is 11.9. The number of aromatic nitrogens is 2. The van der Waals surface area contributed by atoms with E-state index in [9.17, 15) is 4.79 Å². The van der Waals surface area contributed by atoms with E-state index in [0.717, 1.165) is 21.8 Å². The summed E-state index contributed by atoms with van der Waals surface area (Å²) in [6.07, 6.45) is 3.92. The zero-order chi connectivity index (χ0) is 15.2. The highest BCUT2D eigenvalue weighted by Crippen LogP contribution is 2.22. The van der Waals surface area contributed by atoms with Crippen LogP contribution in [0.4, 0.5) is 0 Å². The van der Waals surface area contributed by atoms with Crippen molar-refractivity contribution in [2.45, 2.75) is 13.0 Å². The molecule has 2 aromatic heterocycles. The number of thiazole rings is 1. The number of amides is 1. The second-order valence-electron chi connectivity index (χ2n) is 4.82. The number of carbonyl (C=O) groups excluding carboxylic acids is 1. The van der Waals surface area contributed by atoms with Gasteiger partial charge >= 0.3 is 0 Å². The highest BCUT2D eigenvalue weighted by atomic mass is 32.1. The van der Waals surface area contributed by atoms with Crippen molar-refractivity contribution < 1.29 is 4.79 Å². The average Bonchev–Trinajstić information content (AvgIpc) is 3.04. The van der Waals surface area contributed by atoms with Crippen LogP contribution in [0.1, 0.15) is 11.3 Å². The van der Waals surface area contributed by atoms with Crippen molar-refractivity contribution in [3.05, 3.63) is 71.5 Å². The molecule has 0 saturated carbocycles. The lowest BCUT2D eigenvalue weighted by atomic mass is 10.1. The molecule has 1 aromatic carbocycles. The molecule has 0 spiro atoms. The molecule has 0 aliphatic rings. The number of rotatable bonds is 5. The molecule has 5 heteroatoms. The number of pyridine rings is 1. The van der Waals surface area contributed by atoms with Crippen molar-refractivity contribution in [1.29, 1.82) is 0 Å². The fraction of sp³-hybridized carbons (Fsp3) is 0.118. The second kappa shape index (κ2) is 6.95. The summed E-state index contributed by atoms with van der Waals surface area (Å²) in [5.74, 6) is 0.00197. The van der Waals surface area contributed by atoms with E-state index in [0.29, 0.717) is 13.0 Å². The Kier molecular flexibility index (Phi) is 4.56. The van der Waals surface area contributed by atoms with Gasteiger partial charge in [-0.15, -0.1) is 11.3 Å². The molecular weight excluding hydrogens is 294 g/mol. The number of carbonyl (C=O) groups is 1. The van der Waals surface area contributed by atoms with Crippen LogP contribution in [0.5, 0.6) is 0 Å². The Bertz CT molecular complexity index is 741. The van der Waals surface area contributed by atoms with Gasteiger partial charge < -0.3 is 5.32 Å². The van der Waals surface area contributed by atoms with Gasteiger partial charge in [0.2, 0.25) is 5.91 Å². The summed E-state index contributed by atoms with van der Waals surface area (Å²) in [6.45, 7) is 0.447. The Hall–Kier alpha value is -2.53. The summed E-state index contributed by atoms with van der Waals surface area (Å²) in [5, 5.41) is 5.78. The van der Waals surface area contributed by atoms with Gasteiger partial charge in [-0.05, 0) is 17.7 Å². The molecular formula is C17H15N3OS. The molecule has 0 aliphatic carbocycles. The van der Waals surface area contributed by atoms with Crippen LogP contribution in [-0.2, 0) is 17.8 Å². The zero-order valence-electron chi connectivity index (χ0n) is 11.9. The van der Waals surface area contributed by atoms with Gasteiger partial charge in [0.15, 0.2) is 0 Å². The maximum Gasteiger partial charge on any atom is 0.224 e. The molecule has 0 unspecified atom stereocenters. The van der Waals surface area contributed by atoms with Gasteiger partial charge in [0, 0.05) is 23.3 Å². The molecule has 2 heterocycles. The zero-order valence-corrected chi connectivity index (χ0v) is 12.7. The van der Waals surface area contributed by atoms with E-state index >= 15 is 0 Å². The lowest BCUT2D eigenvalue weighted by Gasteiger charge is -2.03. The number of hydrogen-bond acceptors (Lipinski definition) is 4. The Morgan fingerprint density at radius 3 is 2.77 bits per heavy atom. The molecule has 0 fully saturated rings. The lowest BCUT2D eigenvalue weighted by molar-refractivity contribution is -0.120. The van der Waals surface area contributed by atoms with E-state index < -0.39 is 0 Å². The fourth-order valence-electron chi connectivity index (χ4n) is 2.04. The summed E-state index contributed by atoms with van der Waals surface area (Å²) >= 11 is 1.56. The first-order chi connectivity index (χ1) is 10.8. The minimum absolute atomic E-state index is 0.00197. The number of nitrogens with zero attached hydrogens (tertiary/aromatic N) is 2. The molecule has 0 radical (unpaired) electrons. The molecule has 3 rings (SSSR count). The van der Waals surface area contributed by atoms with Gasteiger partial charge in [-0.1, -0.05) is 30.3 Å². The van der Waals surface area contributed by atoms with Gasteiger partial charge in [-0.25, -0.2) is 4.98 Å². The number of nitrogens with one attached hydrogen (secondary N) is 1. The van der Waals surface area contributed by atoms with Gasteiger partial charge in [-0.2, -0.15) is 0 Å². The van der Waals surface area contributed by atoms with Crippen molar-refractivity contribution in [3.8, 4) is 10.6 Å². The summed E-state index contributed by atoms with van der Waals surface area (Å²) in [6, 6.07) is 13.6. The van der Waals surface area contributed by atoms with Gasteiger partial charge in [0.05, 0.1) is 18.7 Å². The minimum Gasteiger partial charge on any atom is -0.350 e. The van der Waals surface area contributed by atoms with Gasteiger partial charge in [-0.3, -0.25) is 9.78 Å². The highest BCUT2D eigenvalue weighted by Gasteiger charge is 2.07. The minimum atomic E-state index is 0.00197. The molecule has 0 saturated heterocycles. The van der Waals surface area contributed by atoms with Crippen LogP contribution in [0.3, 0.4) is 0 Å². The van der Waals surface area contributed by atoms with Crippen molar-refractivity contribution >= 4 is 17.2 Å². The standard InChI is InChI=1S/C17H15N3OS/c21-16(9-13-5-2-1-3-6-13)19-11-15-12-22-17(20-15)14-7-4-8-18-10-14/h1-8,10,12H,9,11H2,(H,19,21). The molecule has 0 aliphatic heterocycles. The van der Waals surface area contributed by atoms with Crippen molar-refractivity contribution in [3.63, 3.8) is 0 Å². The first kappa shape index (κ1) is 14.4. The van der Waals surface area contributed by atoms with E-state index in [1.165, 1.54) is 0 Å². The van der Waals surface area contributed by atoms with Crippen molar-refractivity contribution in [2.75, 3.05) is 0 Å². The normalized spacial score (nSPS) is 10.4. The monoisotopic (exact) mass is 309 g/mol. The number of hydrogen-bond donors (Lipinski definition) is 1. The largest absolute Gasteiger partial charge is 0.350 e. The van der Waals surface area contributed by atoms with Crippen LogP contribution in [0, 0.1) is 0 Å². The SMILES string of the molecule is O=C(Cc1ccccc1)NCc1csc(-c2cccnc2)n1. The molecule has 22 heavy (non-hydrogen) atoms. The Balaban J connectivity index is 1.56. The topological polar surface area (TPSA) is 54.9 Å². The molecule has 1 amide bonds. The van der Waals surface area contributed by atoms with E-state index in [2.05, 4.69) is 15.3 Å². The molecule has 3 aromatic rings. The maximum absolute atomic E-state index is 11.9. The third-order valence-electron chi connectivity index (χ3n) is 3.13. The van der Waals surface area contributed by atoms with E-state index in [4.69, 9.17) is 0 Å². The predicted molar refractivity (Wildman–Crippen MR) is 87.3 cm³/mol. The Morgan fingerprint density at radius 1 is 1.14 bits per heavy atom. The van der Waals surface area contributed by atoms with E-state index in [1.807, 2.05) is 47.8 Å². The summed E-state index contributed by atoms with van der Waals surface area (Å²) < 4.78 is 0. The molecule has 1 N–H and O–H groups in total. The average molecular weight is 309 g/mol. The van der Waals surface area contributed by atoms with Crippen LogP contribution in [0.25, 0.3) is 10.6 Å². The summed E-state index contributed by atoms with van der Waals surface area (Å²) in [4.78, 5) is 20.5. The van der Waals surface area contributed by atoms with Gasteiger partial charge in [0.1, 0.15) is 5.01 Å².